The molecule has 0 aliphatic heterocycles. The van der Waals surface area contributed by atoms with Gasteiger partial charge in [0.25, 0.3) is 0 Å². The van der Waals surface area contributed by atoms with Crippen LogP contribution in [0.4, 0.5) is 0 Å². The van der Waals surface area contributed by atoms with E-state index in [9.17, 15) is 0 Å². The van der Waals surface area contributed by atoms with Crippen molar-refractivity contribution in [3.63, 3.8) is 0 Å². The van der Waals surface area contributed by atoms with E-state index in [1.807, 2.05) is 0 Å². The third kappa shape index (κ3) is 5.71. The third-order valence-corrected chi connectivity index (χ3v) is 3.43. The van der Waals surface area contributed by atoms with Crippen molar-refractivity contribution in [2.45, 2.75) is 53.1 Å². The molecular weight excluding hydrogens is 306 g/mol. The van der Waals surface area contributed by atoms with E-state index in [-0.39, 0.29) is 46.5 Å². The molecule has 0 saturated heterocycles. The average Bonchev–Trinajstić information content (AvgIpc) is 2.20. The van der Waals surface area contributed by atoms with Gasteiger partial charge in [-0.2, -0.15) is 27.8 Å². The van der Waals surface area contributed by atoms with Crippen LogP contribution in [0.3, 0.4) is 0 Å². The van der Waals surface area contributed by atoms with Crippen molar-refractivity contribution in [3.05, 3.63) is 27.8 Å². The van der Waals surface area contributed by atoms with Gasteiger partial charge in [-0.25, -0.2) is 0 Å². The Balaban J connectivity index is -0.000000653. The molecule has 4 heteroatoms. The summed E-state index contributed by atoms with van der Waals surface area (Å²) < 4.78 is 0. The summed E-state index contributed by atoms with van der Waals surface area (Å²) in [6.45, 7) is 13.5. The fourth-order valence-corrected chi connectivity index (χ4v) is 2.22. The maximum Gasteiger partial charge on any atom is 3.00 e. The molecule has 0 heterocycles. The molecule has 0 aliphatic carbocycles. The van der Waals surface area contributed by atoms with E-state index in [4.69, 9.17) is 0 Å². The Labute approximate surface area is 136 Å². The topological polar surface area (TPSA) is 0 Å². The maximum absolute atomic E-state index is 2.93. The average molecular weight is 328 g/mol. The van der Waals surface area contributed by atoms with Gasteiger partial charge < -0.3 is 24.8 Å². The van der Waals surface area contributed by atoms with Crippen molar-refractivity contribution in [2.75, 3.05) is 0 Å². The Kier molecular flexibility index (Phi) is 11.3. The molecule has 1 aromatic rings. The zero-order chi connectivity index (χ0) is 11.1. The fraction of sp³-hybridized carbons (Fsp3) is 0.615. The minimum Gasteiger partial charge on any atom is -1.00 e. The molecule has 1 atom stereocenters. The molecule has 0 aromatic heterocycles. The van der Waals surface area contributed by atoms with E-state index in [0.29, 0.717) is 5.16 Å². The van der Waals surface area contributed by atoms with Gasteiger partial charge in [-0.05, 0) is 11.6 Å². The van der Waals surface area contributed by atoms with Crippen LogP contribution in [-0.2, 0) is 28.1 Å². The molecule has 1 unspecified atom stereocenters. The van der Waals surface area contributed by atoms with Crippen molar-refractivity contribution in [1.82, 2.24) is 0 Å². The molecule has 97 valence electrons. The smallest absolute Gasteiger partial charge is 1.00 e. The maximum atomic E-state index is 2.93. The van der Waals surface area contributed by atoms with Crippen LogP contribution in [-0.4, -0.2) is 5.16 Å². The van der Waals surface area contributed by atoms with E-state index < -0.39 is 0 Å². The third-order valence-electron chi connectivity index (χ3n) is 3.23. The Morgan fingerprint density at radius 2 is 1.47 bits per heavy atom. The second kappa shape index (κ2) is 8.29. The summed E-state index contributed by atoms with van der Waals surface area (Å²) in [4.78, 5) is 0. The second-order valence-corrected chi connectivity index (χ2v) is 6.71. The zero-order valence-electron chi connectivity index (χ0n) is 11.5. The standard InChI is InChI=1S/C13H22P.2ClH.Ti/c1-8-9(2)11(4)12(10(8)3)7-13(5,6)14;;;/h7,14H2,1-6H3;2*1H;/q-1;;;+3/p-2. The molecule has 0 amide bonds. The predicted octanol–water partition coefficient (Wildman–Crippen LogP) is -2.16. The summed E-state index contributed by atoms with van der Waals surface area (Å²) in [5, 5.41) is 0.308. The van der Waals surface area contributed by atoms with Gasteiger partial charge in [-0.3, -0.25) is 0 Å². The fourth-order valence-electron chi connectivity index (χ4n) is 2.02. The predicted molar refractivity (Wildman–Crippen MR) is 68.5 cm³/mol. The van der Waals surface area contributed by atoms with Crippen LogP contribution in [0.25, 0.3) is 0 Å². The quantitative estimate of drug-likeness (QED) is 0.330. The number of rotatable bonds is 2. The van der Waals surface area contributed by atoms with Gasteiger partial charge in [0.15, 0.2) is 0 Å². The molecule has 1 aromatic carbocycles. The largest absolute Gasteiger partial charge is 3.00 e. The number of halogens is 2. The number of hydrogen-bond acceptors (Lipinski definition) is 0. The minimum atomic E-state index is 0. The normalized spacial score (nSPS) is 10.1. The van der Waals surface area contributed by atoms with E-state index in [1.165, 1.54) is 22.3 Å². The molecule has 0 spiro atoms. The molecule has 0 fully saturated rings. The summed E-state index contributed by atoms with van der Waals surface area (Å²) in [6, 6.07) is 0. The van der Waals surface area contributed by atoms with Gasteiger partial charge >= 0.3 is 21.7 Å². The van der Waals surface area contributed by atoms with Crippen LogP contribution in [0.15, 0.2) is 0 Å². The van der Waals surface area contributed by atoms with Crippen LogP contribution in [0.5, 0.6) is 0 Å². The van der Waals surface area contributed by atoms with Crippen molar-refractivity contribution in [3.8, 4) is 0 Å². The Bertz CT molecular complexity index is 326. The van der Waals surface area contributed by atoms with Crippen molar-refractivity contribution >= 4 is 9.24 Å². The molecule has 0 N–H and O–H groups in total. The molecule has 1 rings (SSSR count). The van der Waals surface area contributed by atoms with Crippen LogP contribution < -0.4 is 24.8 Å². The van der Waals surface area contributed by atoms with Gasteiger partial charge in [0, 0.05) is 0 Å². The monoisotopic (exact) mass is 327 g/mol. The van der Waals surface area contributed by atoms with Gasteiger partial charge in [-0.1, -0.05) is 41.5 Å². The number of hydrogen-bond donors (Lipinski definition) is 0. The van der Waals surface area contributed by atoms with Crippen molar-refractivity contribution in [1.29, 1.82) is 0 Å². The Morgan fingerprint density at radius 3 is 1.71 bits per heavy atom. The van der Waals surface area contributed by atoms with Gasteiger partial charge in [0.05, 0.1) is 0 Å². The minimum absolute atomic E-state index is 0. The SMILES string of the molecule is Cc1c(C)c(CC(C)(C)P)[c-](C)c1C.[Cl-].[Cl-].[Ti+3]. The van der Waals surface area contributed by atoms with Gasteiger partial charge in [0.1, 0.15) is 0 Å². The molecule has 17 heavy (non-hydrogen) atoms. The molecule has 0 nitrogen and oxygen atoms in total. The summed E-state index contributed by atoms with van der Waals surface area (Å²) in [5.74, 6) is 0. The van der Waals surface area contributed by atoms with E-state index in [0.717, 1.165) is 6.42 Å². The van der Waals surface area contributed by atoms with Gasteiger partial charge in [-0.15, -0.1) is 9.24 Å². The first-order chi connectivity index (χ1) is 6.24. The van der Waals surface area contributed by atoms with Crippen LogP contribution >= 0.6 is 9.24 Å². The van der Waals surface area contributed by atoms with E-state index in [2.05, 4.69) is 50.8 Å². The first-order valence-corrected chi connectivity index (χ1v) is 5.82. The van der Waals surface area contributed by atoms with E-state index >= 15 is 0 Å². The van der Waals surface area contributed by atoms with Crippen molar-refractivity contribution < 1.29 is 46.5 Å². The second-order valence-electron chi connectivity index (χ2n) is 5.14. The molecule has 1 radical (unpaired) electrons. The molecule has 0 bridgehead atoms. The van der Waals surface area contributed by atoms with Gasteiger partial charge in [0.2, 0.25) is 0 Å². The van der Waals surface area contributed by atoms with Crippen LogP contribution in [0.1, 0.15) is 41.7 Å². The van der Waals surface area contributed by atoms with Crippen LogP contribution in [0, 0.1) is 27.7 Å². The molecular formula is C13H22Cl2PTi. The first-order valence-electron chi connectivity index (χ1n) is 5.25. The van der Waals surface area contributed by atoms with Crippen molar-refractivity contribution in [2.24, 2.45) is 0 Å². The Morgan fingerprint density at radius 1 is 1.06 bits per heavy atom. The summed E-state index contributed by atoms with van der Waals surface area (Å²) in [5.41, 5.74) is 7.50. The van der Waals surface area contributed by atoms with E-state index in [1.54, 1.807) is 5.56 Å². The Hall–Kier alpha value is 1.07. The summed E-state index contributed by atoms with van der Waals surface area (Å²) >= 11 is 0. The summed E-state index contributed by atoms with van der Waals surface area (Å²) in [7, 11) is 2.93. The zero-order valence-corrected chi connectivity index (χ0v) is 15.8. The van der Waals surface area contributed by atoms with Crippen LogP contribution in [0.2, 0.25) is 0 Å². The summed E-state index contributed by atoms with van der Waals surface area (Å²) in [6.07, 6.45) is 1.16. The molecule has 0 aliphatic rings. The molecule has 0 saturated carbocycles. The first kappa shape index (κ1) is 23.2.